The molecule has 0 spiro atoms. The topological polar surface area (TPSA) is 29.1 Å². The Hall–Kier alpha value is -0.790. The molecule has 0 fully saturated rings. The van der Waals surface area contributed by atoms with Crippen LogP contribution in [0.25, 0.3) is 0 Å². The second kappa shape index (κ2) is 4.29. The van der Waals surface area contributed by atoms with E-state index in [0.29, 0.717) is 6.42 Å². The quantitative estimate of drug-likeness (QED) is 0.640. The van der Waals surface area contributed by atoms with Crippen LogP contribution in [0, 0.1) is 0 Å². The summed E-state index contributed by atoms with van der Waals surface area (Å²) in [5.74, 6) is 0.165. The fourth-order valence-corrected chi connectivity index (χ4v) is 1.48. The molecule has 0 unspecified atom stereocenters. The zero-order chi connectivity index (χ0) is 8.97. The Balaban J connectivity index is 2.26. The van der Waals surface area contributed by atoms with Gasteiger partial charge in [0.2, 0.25) is 5.91 Å². The first kappa shape index (κ1) is 9.30. The minimum Gasteiger partial charge on any atom is -0.354 e. The summed E-state index contributed by atoms with van der Waals surface area (Å²) >= 11 is 0. The predicted octanol–water partition coefficient (Wildman–Crippen LogP) is 2.01. The monoisotopic (exact) mass is 167 g/mol. The van der Waals surface area contributed by atoms with E-state index in [1.54, 1.807) is 0 Å². The highest BCUT2D eigenvalue weighted by atomic mass is 16.1. The number of amides is 1. The lowest BCUT2D eigenvalue weighted by Crippen LogP contribution is -2.30. The van der Waals surface area contributed by atoms with E-state index in [0.717, 1.165) is 12.8 Å². The fourth-order valence-electron chi connectivity index (χ4n) is 1.48. The highest BCUT2D eigenvalue weighted by Gasteiger charge is 2.09. The maximum Gasteiger partial charge on any atom is 0.224 e. The Kier molecular flexibility index (Phi) is 3.32. The van der Waals surface area contributed by atoms with Gasteiger partial charge in [0.1, 0.15) is 0 Å². The molecule has 1 rings (SSSR count). The molecule has 0 atom stereocenters. The normalized spacial score (nSPS) is 16.4. The minimum atomic E-state index is 0.165. The third-order valence-electron chi connectivity index (χ3n) is 1.97. The number of nitrogens with one attached hydrogen (secondary N) is 1. The Bertz CT molecular complexity index is 194. The van der Waals surface area contributed by atoms with Crippen molar-refractivity contribution in [3.63, 3.8) is 0 Å². The summed E-state index contributed by atoms with van der Waals surface area (Å²) in [7, 11) is 0. The van der Waals surface area contributed by atoms with Crippen LogP contribution < -0.4 is 5.32 Å². The second-order valence-electron chi connectivity index (χ2n) is 3.65. The van der Waals surface area contributed by atoms with Crippen LogP contribution in [-0.4, -0.2) is 11.9 Å². The number of allylic oxidation sites excluding steroid dienone is 1. The van der Waals surface area contributed by atoms with Gasteiger partial charge in [0.15, 0.2) is 0 Å². The Morgan fingerprint density at radius 2 is 2.42 bits per heavy atom. The molecule has 1 N–H and O–H groups in total. The molecule has 0 aliphatic heterocycles. The van der Waals surface area contributed by atoms with Crippen molar-refractivity contribution in [3.05, 3.63) is 11.6 Å². The van der Waals surface area contributed by atoms with Crippen molar-refractivity contribution in [2.24, 2.45) is 0 Å². The number of hydrogen-bond acceptors (Lipinski definition) is 1. The average Bonchev–Trinajstić information content (AvgIpc) is 2.37. The van der Waals surface area contributed by atoms with Crippen molar-refractivity contribution in [1.82, 2.24) is 5.32 Å². The zero-order valence-corrected chi connectivity index (χ0v) is 7.89. The van der Waals surface area contributed by atoms with Crippen LogP contribution in [0.15, 0.2) is 11.6 Å². The van der Waals surface area contributed by atoms with Crippen molar-refractivity contribution in [2.45, 2.75) is 45.6 Å². The number of carbonyl (C=O) groups is 1. The highest BCUT2D eigenvalue weighted by Crippen LogP contribution is 2.20. The van der Waals surface area contributed by atoms with Gasteiger partial charge in [-0.15, -0.1) is 0 Å². The Morgan fingerprint density at radius 3 is 2.92 bits per heavy atom. The van der Waals surface area contributed by atoms with Crippen LogP contribution in [0.2, 0.25) is 0 Å². The molecule has 1 aliphatic rings. The minimum absolute atomic E-state index is 0.165. The summed E-state index contributed by atoms with van der Waals surface area (Å²) in [6.07, 6.45) is 6.30. The third-order valence-corrected chi connectivity index (χ3v) is 1.97. The van der Waals surface area contributed by atoms with Crippen molar-refractivity contribution in [1.29, 1.82) is 0 Å². The summed E-state index contributed by atoms with van der Waals surface area (Å²) in [6, 6.07) is 0.263. The van der Waals surface area contributed by atoms with Gasteiger partial charge >= 0.3 is 0 Å². The van der Waals surface area contributed by atoms with Gasteiger partial charge in [-0.05, 0) is 33.1 Å². The van der Waals surface area contributed by atoms with Crippen molar-refractivity contribution in [3.8, 4) is 0 Å². The summed E-state index contributed by atoms with van der Waals surface area (Å²) in [4.78, 5) is 11.3. The zero-order valence-electron chi connectivity index (χ0n) is 7.89. The molecule has 0 saturated carbocycles. The number of rotatable bonds is 3. The predicted molar refractivity (Wildman–Crippen MR) is 49.8 cm³/mol. The number of hydrogen-bond donors (Lipinski definition) is 1. The van der Waals surface area contributed by atoms with Crippen molar-refractivity contribution < 1.29 is 4.79 Å². The van der Waals surface area contributed by atoms with Crippen LogP contribution >= 0.6 is 0 Å². The molecule has 68 valence electrons. The SMILES string of the molecule is CC(C)NC(=O)CC1=CCCC1. The van der Waals surface area contributed by atoms with Crippen molar-refractivity contribution in [2.75, 3.05) is 0 Å². The largest absolute Gasteiger partial charge is 0.354 e. The third kappa shape index (κ3) is 3.07. The summed E-state index contributed by atoms with van der Waals surface area (Å²) in [6.45, 7) is 3.97. The average molecular weight is 167 g/mol. The first-order valence-corrected chi connectivity index (χ1v) is 4.66. The molecule has 2 nitrogen and oxygen atoms in total. The molecule has 0 radical (unpaired) electrons. The summed E-state index contributed by atoms with van der Waals surface area (Å²) in [5.41, 5.74) is 1.31. The van der Waals surface area contributed by atoms with E-state index in [2.05, 4.69) is 11.4 Å². The lowest BCUT2D eigenvalue weighted by molar-refractivity contribution is -0.120. The molecule has 2 heteroatoms. The molecule has 1 aliphatic carbocycles. The molecular formula is C10H17NO. The van der Waals surface area contributed by atoms with Crippen molar-refractivity contribution >= 4 is 5.91 Å². The lowest BCUT2D eigenvalue weighted by atomic mass is 10.1. The van der Waals surface area contributed by atoms with Gasteiger partial charge in [-0.2, -0.15) is 0 Å². The Morgan fingerprint density at radius 1 is 1.67 bits per heavy atom. The second-order valence-corrected chi connectivity index (χ2v) is 3.65. The van der Waals surface area contributed by atoms with Crippen LogP contribution in [-0.2, 0) is 4.79 Å². The molecule has 1 amide bonds. The van der Waals surface area contributed by atoms with Gasteiger partial charge in [-0.3, -0.25) is 4.79 Å². The first-order chi connectivity index (χ1) is 5.68. The van der Waals surface area contributed by atoms with Gasteiger partial charge in [-0.1, -0.05) is 11.6 Å². The first-order valence-electron chi connectivity index (χ1n) is 4.66. The molecule has 0 aromatic carbocycles. The maximum atomic E-state index is 11.3. The van der Waals surface area contributed by atoms with E-state index in [-0.39, 0.29) is 11.9 Å². The van der Waals surface area contributed by atoms with E-state index >= 15 is 0 Å². The van der Waals surface area contributed by atoms with Crippen LogP contribution in [0.1, 0.15) is 39.5 Å². The van der Waals surface area contributed by atoms with Gasteiger partial charge in [0.05, 0.1) is 0 Å². The molecular weight excluding hydrogens is 150 g/mol. The smallest absolute Gasteiger partial charge is 0.224 e. The van der Waals surface area contributed by atoms with Crippen LogP contribution in [0.4, 0.5) is 0 Å². The fraction of sp³-hybridized carbons (Fsp3) is 0.700. The Labute approximate surface area is 74.0 Å². The maximum absolute atomic E-state index is 11.3. The number of carbonyl (C=O) groups excluding carboxylic acids is 1. The molecule has 0 saturated heterocycles. The standard InChI is InChI=1S/C10H17NO/c1-8(2)11-10(12)7-9-5-3-4-6-9/h5,8H,3-4,6-7H2,1-2H3,(H,11,12). The molecule has 12 heavy (non-hydrogen) atoms. The summed E-state index contributed by atoms with van der Waals surface area (Å²) in [5, 5.41) is 2.89. The van der Waals surface area contributed by atoms with E-state index in [1.165, 1.54) is 12.0 Å². The molecule has 0 aromatic rings. The van der Waals surface area contributed by atoms with Gasteiger partial charge in [0.25, 0.3) is 0 Å². The van der Waals surface area contributed by atoms with Gasteiger partial charge < -0.3 is 5.32 Å². The molecule has 0 heterocycles. The highest BCUT2D eigenvalue weighted by molar-refractivity contribution is 5.78. The van der Waals surface area contributed by atoms with Gasteiger partial charge in [0, 0.05) is 12.5 Å². The van der Waals surface area contributed by atoms with E-state index in [4.69, 9.17) is 0 Å². The van der Waals surface area contributed by atoms with Crippen LogP contribution in [0.5, 0.6) is 0 Å². The van der Waals surface area contributed by atoms with E-state index < -0.39 is 0 Å². The van der Waals surface area contributed by atoms with E-state index in [1.807, 2.05) is 13.8 Å². The van der Waals surface area contributed by atoms with E-state index in [9.17, 15) is 4.79 Å². The van der Waals surface area contributed by atoms with Gasteiger partial charge in [-0.25, -0.2) is 0 Å². The lowest BCUT2D eigenvalue weighted by Gasteiger charge is -2.08. The van der Waals surface area contributed by atoms with Crippen LogP contribution in [0.3, 0.4) is 0 Å². The molecule has 0 aromatic heterocycles. The summed E-state index contributed by atoms with van der Waals surface area (Å²) < 4.78 is 0. The molecule has 0 bridgehead atoms.